The van der Waals surface area contributed by atoms with Gasteiger partial charge in [-0.25, -0.2) is 9.59 Å². The van der Waals surface area contributed by atoms with Crippen LogP contribution in [0.3, 0.4) is 0 Å². The molecule has 7 nitrogen and oxygen atoms in total. The first kappa shape index (κ1) is 21.9. The lowest BCUT2D eigenvalue weighted by atomic mass is 9.82. The van der Waals surface area contributed by atoms with Gasteiger partial charge in [0.15, 0.2) is 0 Å². The van der Waals surface area contributed by atoms with Gasteiger partial charge in [0.25, 0.3) is 0 Å². The Hall–Kier alpha value is -2.28. The zero-order valence-corrected chi connectivity index (χ0v) is 18.8. The molecule has 1 unspecified atom stereocenters. The Balaban J connectivity index is 1.31. The predicted molar refractivity (Wildman–Crippen MR) is 120 cm³/mol. The van der Waals surface area contributed by atoms with Gasteiger partial charge in [-0.3, -0.25) is 0 Å². The third-order valence-electron chi connectivity index (χ3n) is 6.70. The quantitative estimate of drug-likeness (QED) is 0.754. The SMILES string of the molecule is CC(C)NC(=O)N(C1CC1)C1CCOC2(CCN(C(=O)NCc3ccccc3)CC2)C1. The van der Waals surface area contributed by atoms with Crippen molar-refractivity contribution < 1.29 is 14.3 Å². The van der Waals surface area contributed by atoms with Crippen LogP contribution in [0.4, 0.5) is 9.59 Å². The number of rotatable bonds is 5. The molecule has 3 aliphatic rings. The van der Waals surface area contributed by atoms with E-state index in [4.69, 9.17) is 4.74 Å². The van der Waals surface area contributed by atoms with Crippen molar-refractivity contribution in [3.63, 3.8) is 0 Å². The van der Waals surface area contributed by atoms with Gasteiger partial charge in [-0.2, -0.15) is 0 Å². The first-order valence-corrected chi connectivity index (χ1v) is 11.8. The highest BCUT2D eigenvalue weighted by atomic mass is 16.5. The summed E-state index contributed by atoms with van der Waals surface area (Å²) in [6.45, 7) is 6.62. The Labute approximate surface area is 185 Å². The number of piperidine rings is 1. The summed E-state index contributed by atoms with van der Waals surface area (Å²) >= 11 is 0. The monoisotopic (exact) mass is 428 g/mol. The highest BCUT2D eigenvalue weighted by Gasteiger charge is 2.46. The third-order valence-corrected chi connectivity index (χ3v) is 6.70. The first-order valence-electron chi connectivity index (χ1n) is 11.8. The Kier molecular flexibility index (Phi) is 6.70. The summed E-state index contributed by atoms with van der Waals surface area (Å²) in [6, 6.07) is 10.8. The van der Waals surface area contributed by atoms with Crippen LogP contribution in [-0.2, 0) is 11.3 Å². The maximum Gasteiger partial charge on any atom is 0.318 e. The zero-order chi connectivity index (χ0) is 21.8. The maximum atomic E-state index is 12.8. The number of carbonyl (C=O) groups is 2. The van der Waals surface area contributed by atoms with E-state index in [-0.39, 0.29) is 29.7 Å². The van der Waals surface area contributed by atoms with Crippen molar-refractivity contribution in [3.8, 4) is 0 Å². The molecule has 0 aromatic heterocycles. The van der Waals surface area contributed by atoms with Gasteiger partial charge in [-0.15, -0.1) is 0 Å². The molecule has 1 aromatic carbocycles. The largest absolute Gasteiger partial charge is 0.375 e. The second-order valence-corrected chi connectivity index (χ2v) is 9.55. The number of urea groups is 2. The number of carbonyl (C=O) groups excluding carboxylic acids is 2. The van der Waals surface area contributed by atoms with Gasteiger partial charge < -0.3 is 25.2 Å². The summed E-state index contributed by atoms with van der Waals surface area (Å²) in [5.41, 5.74) is 0.882. The number of benzene rings is 1. The van der Waals surface area contributed by atoms with Gasteiger partial charge in [0.05, 0.1) is 5.60 Å². The molecule has 4 rings (SSSR count). The van der Waals surface area contributed by atoms with Gasteiger partial charge in [-0.05, 0) is 57.9 Å². The summed E-state index contributed by atoms with van der Waals surface area (Å²) in [5, 5.41) is 6.12. The Morgan fingerprint density at radius 3 is 2.48 bits per heavy atom. The minimum Gasteiger partial charge on any atom is -0.375 e. The molecule has 0 radical (unpaired) electrons. The number of nitrogens with zero attached hydrogens (tertiary/aromatic N) is 2. The van der Waals surface area contributed by atoms with Crippen LogP contribution in [0.25, 0.3) is 0 Å². The molecular formula is C24H36N4O3. The Morgan fingerprint density at radius 2 is 1.84 bits per heavy atom. The molecule has 7 heteroatoms. The standard InChI is InChI=1S/C24H36N4O3/c1-18(2)26-23(30)28(20-8-9-20)21-10-15-31-24(16-21)11-13-27(14-12-24)22(29)25-17-19-6-4-3-5-7-19/h3-7,18,20-21H,8-17H2,1-2H3,(H,25,29)(H,26,30). The molecule has 1 aliphatic carbocycles. The van der Waals surface area contributed by atoms with E-state index in [1.54, 1.807) is 0 Å². The van der Waals surface area contributed by atoms with E-state index in [0.29, 0.717) is 32.3 Å². The lowest BCUT2D eigenvalue weighted by Gasteiger charge is -2.48. The Bertz CT molecular complexity index is 757. The van der Waals surface area contributed by atoms with Gasteiger partial charge in [0.1, 0.15) is 0 Å². The van der Waals surface area contributed by atoms with Crippen molar-refractivity contribution >= 4 is 12.1 Å². The molecule has 1 aromatic rings. The average molecular weight is 429 g/mol. The number of hydrogen-bond donors (Lipinski definition) is 2. The fourth-order valence-corrected chi connectivity index (χ4v) is 4.89. The van der Waals surface area contributed by atoms with Crippen LogP contribution in [0.15, 0.2) is 30.3 Å². The summed E-state index contributed by atoms with van der Waals surface area (Å²) in [6.07, 6.45) is 5.62. The summed E-state index contributed by atoms with van der Waals surface area (Å²) in [4.78, 5) is 29.5. The zero-order valence-electron chi connectivity index (χ0n) is 18.8. The van der Waals surface area contributed by atoms with E-state index >= 15 is 0 Å². The molecule has 0 bridgehead atoms. The van der Waals surface area contributed by atoms with Crippen molar-refractivity contribution in [1.29, 1.82) is 0 Å². The summed E-state index contributed by atoms with van der Waals surface area (Å²) in [5.74, 6) is 0. The van der Waals surface area contributed by atoms with E-state index in [0.717, 1.165) is 44.1 Å². The molecule has 3 fully saturated rings. The topological polar surface area (TPSA) is 73.9 Å². The average Bonchev–Trinajstić information content (AvgIpc) is 3.58. The van der Waals surface area contributed by atoms with Crippen molar-refractivity contribution in [3.05, 3.63) is 35.9 Å². The molecule has 2 aliphatic heterocycles. The Morgan fingerprint density at radius 1 is 1.13 bits per heavy atom. The minimum absolute atomic E-state index is 0.0121. The molecule has 1 saturated carbocycles. The smallest absolute Gasteiger partial charge is 0.318 e. The highest BCUT2D eigenvalue weighted by Crippen LogP contribution is 2.40. The van der Waals surface area contributed by atoms with Crippen LogP contribution >= 0.6 is 0 Å². The van der Waals surface area contributed by atoms with Gasteiger partial charge in [-0.1, -0.05) is 30.3 Å². The number of hydrogen-bond acceptors (Lipinski definition) is 3. The van der Waals surface area contributed by atoms with Crippen molar-refractivity contribution in [2.24, 2.45) is 0 Å². The second kappa shape index (κ2) is 9.47. The second-order valence-electron chi connectivity index (χ2n) is 9.55. The van der Waals surface area contributed by atoms with Crippen molar-refractivity contribution in [1.82, 2.24) is 20.4 Å². The fourth-order valence-electron chi connectivity index (χ4n) is 4.89. The predicted octanol–water partition coefficient (Wildman–Crippen LogP) is 3.49. The molecular weight excluding hydrogens is 392 g/mol. The number of ether oxygens (including phenoxy) is 1. The molecule has 1 atom stereocenters. The van der Waals surface area contributed by atoms with E-state index in [1.807, 2.05) is 49.1 Å². The van der Waals surface area contributed by atoms with Gasteiger partial charge in [0, 0.05) is 44.4 Å². The summed E-state index contributed by atoms with van der Waals surface area (Å²) in [7, 11) is 0. The fraction of sp³-hybridized carbons (Fsp3) is 0.667. The normalized spacial score (nSPS) is 22.9. The van der Waals surface area contributed by atoms with E-state index < -0.39 is 0 Å². The third kappa shape index (κ3) is 5.50. The van der Waals surface area contributed by atoms with Gasteiger partial charge >= 0.3 is 12.1 Å². The van der Waals surface area contributed by atoms with Crippen LogP contribution in [0, 0.1) is 0 Å². The maximum absolute atomic E-state index is 12.8. The van der Waals surface area contributed by atoms with E-state index in [2.05, 4.69) is 15.5 Å². The lowest BCUT2D eigenvalue weighted by Crippen LogP contribution is -2.58. The molecule has 2 saturated heterocycles. The highest BCUT2D eigenvalue weighted by molar-refractivity contribution is 5.75. The molecule has 4 amide bonds. The van der Waals surface area contributed by atoms with Crippen LogP contribution in [0.1, 0.15) is 57.9 Å². The van der Waals surface area contributed by atoms with Crippen LogP contribution in [0.5, 0.6) is 0 Å². The molecule has 2 heterocycles. The van der Waals surface area contributed by atoms with Crippen molar-refractivity contribution in [2.75, 3.05) is 19.7 Å². The van der Waals surface area contributed by atoms with Crippen LogP contribution in [0.2, 0.25) is 0 Å². The van der Waals surface area contributed by atoms with Crippen LogP contribution in [-0.4, -0.2) is 65.3 Å². The minimum atomic E-state index is -0.218. The number of likely N-dealkylation sites (tertiary alicyclic amines) is 1. The number of amides is 4. The number of nitrogens with one attached hydrogen (secondary N) is 2. The molecule has 1 spiro atoms. The van der Waals surface area contributed by atoms with Gasteiger partial charge in [0.2, 0.25) is 0 Å². The first-order chi connectivity index (χ1) is 15.0. The molecule has 31 heavy (non-hydrogen) atoms. The molecule has 170 valence electrons. The van der Waals surface area contributed by atoms with Crippen molar-refractivity contribution in [2.45, 2.75) is 82.6 Å². The van der Waals surface area contributed by atoms with Crippen LogP contribution < -0.4 is 10.6 Å². The lowest BCUT2D eigenvalue weighted by molar-refractivity contribution is -0.125. The molecule has 2 N–H and O–H groups in total. The van der Waals surface area contributed by atoms with E-state index in [9.17, 15) is 9.59 Å². The van der Waals surface area contributed by atoms with E-state index in [1.165, 1.54) is 0 Å². The summed E-state index contributed by atoms with van der Waals surface area (Å²) < 4.78 is 6.29.